The number of carbonyl (C=O) groups excluding carboxylic acids is 1. The van der Waals surface area contributed by atoms with E-state index >= 15 is 0 Å². The maximum absolute atomic E-state index is 11.9. The van der Waals surface area contributed by atoms with E-state index in [9.17, 15) is 4.79 Å². The van der Waals surface area contributed by atoms with Crippen LogP contribution in [0.5, 0.6) is 0 Å². The van der Waals surface area contributed by atoms with Crippen molar-refractivity contribution >= 4 is 5.78 Å². The van der Waals surface area contributed by atoms with Crippen LogP contribution < -0.4 is 0 Å². The number of rotatable bonds is 1. The number of fused-ring (bicyclic) bond motifs is 2. The molecule has 2 heteroatoms. The van der Waals surface area contributed by atoms with Crippen LogP contribution in [0.25, 0.3) is 0 Å². The van der Waals surface area contributed by atoms with E-state index in [0.29, 0.717) is 17.9 Å². The molecule has 2 aliphatic heterocycles. The molecule has 3 saturated carbocycles. The van der Waals surface area contributed by atoms with E-state index in [0.717, 1.165) is 42.6 Å². The van der Waals surface area contributed by atoms with E-state index in [4.69, 9.17) is 0 Å². The largest absolute Gasteiger partial charge is 0.300 e. The summed E-state index contributed by atoms with van der Waals surface area (Å²) >= 11 is 0. The van der Waals surface area contributed by atoms with Crippen molar-refractivity contribution in [1.82, 2.24) is 4.90 Å². The number of piperidine rings is 2. The second-order valence-electron chi connectivity index (χ2n) is 8.09. The highest BCUT2D eigenvalue weighted by Gasteiger charge is 2.58. The Kier molecular flexibility index (Phi) is 2.29. The normalized spacial score (nSPS) is 56.0. The third-order valence-electron chi connectivity index (χ3n) is 7.26. The van der Waals surface area contributed by atoms with Crippen LogP contribution in [-0.4, -0.2) is 28.8 Å². The summed E-state index contributed by atoms with van der Waals surface area (Å²) in [6, 6.07) is 2.09. The topological polar surface area (TPSA) is 20.3 Å². The molecule has 0 aromatic rings. The molecule has 2 bridgehead atoms. The number of hydrogen-bond donors (Lipinski definition) is 0. The number of Topliss-reactive ketones (excluding diaryl/α,β-unsaturated/α-hetero) is 1. The van der Waals surface area contributed by atoms with Crippen molar-refractivity contribution in [1.29, 1.82) is 0 Å². The quantitative estimate of drug-likeness (QED) is 0.721. The summed E-state index contributed by atoms with van der Waals surface area (Å²) in [6.07, 6.45) is 11.7. The van der Waals surface area contributed by atoms with Crippen molar-refractivity contribution in [2.75, 3.05) is 0 Å². The molecule has 3 aliphatic carbocycles. The molecule has 104 valence electrons. The molecule has 5 unspecified atom stereocenters. The number of carbonyl (C=O) groups is 1. The second kappa shape index (κ2) is 3.84. The van der Waals surface area contributed by atoms with Crippen LogP contribution in [0.4, 0.5) is 0 Å². The highest BCUT2D eigenvalue weighted by atomic mass is 16.1. The lowest BCUT2D eigenvalue weighted by atomic mass is 9.43. The summed E-state index contributed by atoms with van der Waals surface area (Å²) in [6.45, 7) is 0. The fourth-order valence-corrected chi connectivity index (χ4v) is 6.62. The third-order valence-corrected chi connectivity index (χ3v) is 7.26. The molecule has 7 atom stereocenters. The highest BCUT2D eigenvalue weighted by molar-refractivity contribution is 5.80. The number of hydrogen-bond acceptors (Lipinski definition) is 2. The maximum Gasteiger partial charge on any atom is 0.136 e. The summed E-state index contributed by atoms with van der Waals surface area (Å²) in [7, 11) is 0. The van der Waals surface area contributed by atoms with Gasteiger partial charge in [-0.1, -0.05) is 6.42 Å². The van der Waals surface area contributed by atoms with Crippen LogP contribution in [0, 0.1) is 23.7 Å². The minimum Gasteiger partial charge on any atom is -0.300 e. The Labute approximate surface area is 115 Å². The average Bonchev–Trinajstić information content (AvgIpc) is 2.30. The standard InChI is InChI=1S/C17H25NO/c19-16-8-13-2-1-3-14(9-16)18(13)15-6-11-4-10-5-12(7-15)17(10)11/h10-15,17H,1-9H2/t10?,11-,12+,13?,14?,15?,17?. The van der Waals surface area contributed by atoms with Crippen molar-refractivity contribution in [2.45, 2.75) is 75.9 Å². The molecule has 2 nitrogen and oxygen atoms in total. The first-order valence-corrected chi connectivity index (χ1v) is 8.58. The number of nitrogens with zero attached hydrogens (tertiary/aromatic N) is 1. The Morgan fingerprint density at radius 1 is 0.789 bits per heavy atom. The van der Waals surface area contributed by atoms with Gasteiger partial charge in [0.05, 0.1) is 0 Å². The smallest absolute Gasteiger partial charge is 0.136 e. The summed E-state index contributed by atoms with van der Waals surface area (Å²) in [5.41, 5.74) is 0. The van der Waals surface area contributed by atoms with E-state index in [2.05, 4.69) is 4.90 Å². The molecule has 0 N–H and O–H groups in total. The zero-order valence-corrected chi connectivity index (χ0v) is 11.8. The van der Waals surface area contributed by atoms with Gasteiger partial charge in [0.15, 0.2) is 0 Å². The van der Waals surface area contributed by atoms with Gasteiger partial charge in [-0.25, -0.2) is 0 Å². The molecular weight excluding hydrogens is 234 g/mol. The van der Waals surface area contributed by atoms with Gasteiger partial charge in [-0.15, -0.1) is 0 Å². The summed E-state index contributed by atoms with van der Waals surface area (Å²) in [5.74, 6) is 4.97. The maximum atomic E-state index is 11.9. The lowest BCUT2D eigenvalue weighted by Gasteiger charge is -2.65. The average molecular weight is 259 g/mol. The molecule has 19 heavy (non-hydrogen) atoms. The molecule has 0 radical (unpaired) electrons. The van der Waals surface area contributed by atoms with Crippen molar-refractivity contribution in [3.63, 3.8) is 0 Å². The zero-order valence-electron chi connectivity index (χ0n) is 11.8. The van der Waals surface area contributed by atoms with Crippen molar-refractivity contribution < 1.29 is 4.79 Å². The van der Waals surface area contributed by atoms with E-state index in [1.54, 1.807) is 12.8 Å². The van der Waals surface area contributed by atoms with Gasteiger partial charge < -0.3 is 0 Å². The van der Waals surface area contributed by atoms with Crippen LogP contribution in [0.15, 0.2) is 0 Å². The van der Waals surface area contributed by atoms with Crippen LogP contribution in [-0.2, 0) is 4.79 Å². The molecule has 2 saturated heterocycles. The van der Waals surface area contributed by atoms with Crippen molar-refractivity contribution in [3.05, 3.63) is 0 Å². The zero-order chi connectivity index (χ0) is 12.6. The first-order valence-electron chi connectivity index (χ1n) is 8.58. The van der Waals surface area contributed by atoms with Gasteiger partial charge in [0.1, 0.15) is 5.78 Å². The lowest BCUT2D eigenvalue weighted by Crippen LogP contribution is -2.63. The van der Waals surface area contributed by atoms with Gasteiger partial charge in [0, 0.05) is 31.0 Å². The Morgan fingerprint density at radius 3 is 1.95 bits per heavy atom. The van der Waals surface area contributed by atoms with Gasteiger partial charge in [0.2, 0.25) is 0 Å². The molecule has 0 amide bonds. The Hall–Kier alpha value is -0.370. The molecule has 5 rings (SSSR count). The van der Waals surface area contributed by atoms with Gasteiger partial charge >= 0.3 is 0 Å². The van der Waals surface area contributed by atoms with E-state index < -0.39 is 0 Å². The fourth-order valence-electron chi connectivity index (χ4n) is 6.62. The van der Waals surface area contributed by atoms with Crippen LogP contribution in [0.1, 0.15) is 57.8 Å². The van der Waals surface area contributed by atoms with Crippen LogP contribution >= 0.6 is 0 Å². The Bertz CT molecular complexity index is 387. The molecule has 5 aliphatic rings. The first kappa shape index (κ1) is 11.3. The minimum absolute atomic E-state index is 0.548. The molecule has 5 fully saturated rings. The fraction of sp³-hybridized carbons (Fsp3) is 0.941. The van der Waals surface area contributed by atoms with E-state index in [-0.39, 0.29) is 0 Å². The highest BCUT2D eigenvalue weighted by Crippen LogP contribution is 2.64. The van der Waals surface area contributed by atoms with Crippen LogP contribution in [0.3, 0.4) is 0 Å². The molecule has 0 spiro atoms. The predicted molar refractivity (Wildman–Crippen MR) is 73.7 cm³/mol. The summed E-state index contributed by atoms with van der Waals surface area (Å²) in [4.78, 5) is 14.7. The summed E-state index contributed by atoms with van der Waals surface area (Å²) < 4.78 is 0. The molecule has 0 aromatic carbocycles. The van der Waals surface area contributed by atoms with Gasteiger partial charge in [-0.2, -0.15) is 0 Å². The molecule has 0 aromatic heterocycles. The van der Waals surface area contributed by atoms with E-state index in [1.165, 1.54) is 32.1 Å². The predicted octanol–water partition coefficient (Wildman–Crippen LogP) is 3.01. The molecule has 2 heterocycles. The van der Waals surface area contributed by atoms with Gasteiger partial charge in [0.25, 0.3) is 0 Å². The first-order chi connectivity index (χ1) is 9.29. The second-order valence-corrected chi connectivity index (χ2v) is 8.09. The van der Waals surface area contributed by atoms with Crippen molar-refractivity contribution in [2.24, 2.45) is 23.7 Å². The monoisotopic (exact) mass is 259 g/mol. The Morgan fingerprint density at radius 2 is 1.37 bits per heavy atom. The van der Waals surface area contributed by atoms with Crippen molar-refractivity contribution in [3.8, 4) is 0 Å². The van der Waals surface area contributed by atoms with E-state index in [1.807, 2.05) is 0 Å². The SMILES string of the molecule is O=C1CC2CCCC(C1)N2C1C[C@H]2CC3C[C@@H](C1)C32. The number of ketones is 1. The Balaban J connectivity index is 1.38. The van der Waals surface area contributed by atoms with Gasteiger partial charge in [-0.3, -0.25) is 9.69 Å². The van der Waals surface area contributed by atoms with Gasteiger partial charge in [-0.05, 0) is 62.2 Å². The minimum atomic E-state index is 0.548. The third kappa shape index (κ3) is 1.50. The lowest BCUT2D eigenvalue weighted by molar-refractivity contribution is -0.160. The summed E-state index contributed by atoms with van der Waals surface area (Å²) in [5, 5.41) is 0. The van der Waals surface area contributed by atoms with Crippen LogP contribution in [0.2, 0.25) is 0 Å². The molecular formula is C17H25NO.